The number of aryl methyl sites for hydroxylation is 1. The zero-order valence-corrected chi connectivity index (χ0v) is 15.0. The molecule has 2 rings (SSSR count). The van der Waals surface area contributed by atoms with E-state index in [4.69, 9.17) is 0 Å². The molecule has 4 nitrogen and oxygen atoms in total. The average Bonchev–Trinajstić information content (AvgIpc) is 2.83. The minimum atomic E-state index is -4.49. The molecule has 0 atom stereocenters. The van der Waals surface area contributed by atoms with Crippen molar-refractivity contribution < 1.29 is 18.0 Å². The number of amides is 1. The second kappa shape index (κ2) is 7.06. The molecule has 138 valence electrons. The summed E-state index contributed by atoms with van der Waals surface area (Å²) in [5.41, 5.74) is -1.58. The van der Waals surface area contributed by atoms with Crippen LogP contribution in [-0.2, 0) is 17.5 Å². The summed E-state index contributed by atoms with van der Waals surface area (Å²) in [5.74, 6) is 0.0700. The molecule has 0 unspecified atom stereocenters. The zero-order chi connectivity index (χ0) is 18.8. The van der Waals surface area contributed by atoms with E-state index in [1.54, 1.807) is 26.8 Å². The number of hydrogen-bond donors (Lipinski definition) is 1. The van der Waals surface area contributed by atoms with Crippen LogP contribution >= 0.6 is 0 Å². The van der Waals surface area contributed by atoms with Crippen LogP contribution in [-0.4, -0.2) is 15.7 Å². The standard InChI is InChI=1S/C18H24F3N3O/c1-5-6-7-11-24-15(22-16(25)17(2,3)4)12-9-8-10-13(14(12)23-24)18(19,20)21/h8-10H,5-7,11H2,1-4H3,(H,22,25). The van der Waals surface area contributed by atoms with Gasteiger partial charge in [0.05, 0.1) is 5.56 Å². The number of rotatable bonds is 5. The van der Waals surface area contributed by atoms with Crippen molar-refractivity contribution in [2.75, 3.05) is 5.32 Å². The molecule has 25 heavy (non-hydrogen) atoms. The first-order chi connectivity index (χ1) is 11.6. The Kier molecular flexibility index (Phi) is 5.44. The lowest BCUT2D eigenvalue weighted by Gasteiger charge is -2.18. The molecule has 0 spiro atoms. The van der Waals surface area contributed by atoms with Gasteiger partial charge in [-0.15, -0.1) is 0 Å². The predicted octanol–water partition coefficient (Wildman–Crippen LogP) is 5.23. The van der Waals surface area contributed by atoms with Crippen molar-refractivity contribution in [1.82, 2.24) is 9.78 Å². The fourth-order valence-corrected chi connectivity index (χ4v) is 2.48. The lowest BCUT2D eigenvalue weighted by atomic mass is 9.95. The summed E-state index contributed by atoms with van der Waals surface area (Å²) in [6, 6.07) is 3.92. The van der Waals surface area contributed by atoms with Crippen LogP contribution in [0.1, 0.15) is 52.5 Å². The highest BCUT2D eigenvalue weighted by atomic mass is 19.4. The zero-order valence-electron chi connectivity index (χ0n) is 15.0. The Morgan fingerprint density at radius 1 is 1.20 bits per heavy atom. The van der Waals surface area contributed by atoms with E-state index in [0.717, 1.165) is 25.3 Å². The van der Waals surface area contributed by atoms with E-state index in [2.05, 4.69) is 10.4 Å². The third-order valence-electron chi connectivity index (χ3n) is 3.96. The Hall–Kier alpha value is -2.05. The third-order valence-corrected chi connectivity index (χ3v) is 3.96. The number of aromatic nitrogens is 2. The van der Waals surface area contributed by atoms with Gasteiger partial charge in [0.1, 0.15) is 11.3 Å². The maximum Gasteiger partial charge on any atom is 0.418 e. The van der Waals surface area contributed by atoms with Crippen LogP contribution in [0.5, 0.6) is 0 Å². The molecule has 2 aromatic rings. The molecular formula is C18H24F3N3O. The number of nitrogens with one attached hydrogen (secondary N) is 1. The number of unbranched alkanes of at least 4 members (excludes halogenated alkanes) is 2. The normalized spacial score (nSPS) is 12.6. The van der Waals surface area contributed by atoms with Crippen LogP contribution < -0.4 is 5.32 Å². The van der Waals surface area contributed by atoms with Crippen molar-refractivity contribution in [1.29, 1.82) is 0 Å². The first-order valence-electron chi connectivity index (χ1n) is 8.44. The number of halogens is 3. The van der Waals surface area contributed by atoms with Crippen molar-refractivity contribution in [3.8, 4) is 0 Å². The number of nitrogens with zero attached hydrogens (tertiary/aromatic N) is 2. The summed E-state index contributed by atoms with van der Waals surface area (Å²) >= 11 is 0. The molecule has 1 amide bonds. The van der Waals surface area contributed by atoms with Gasteiger partial charge in [-0.1, -0.05) is 46.6 Å². The molecule has 1 heterocycles. The average molecular weight is 355 g/mol. The Bertz CT molecular complexity index is 757. The van der Waals surface area contributed by atoms with Crippen LogP contribution in [0.3, 0.4) is 0 Å². The van der Waals surface area contributed by atoms with E-state index in [1.165, 1.54) is 10.7 Å². The van der Waals surface area contributed by atoms with Gasteiger partial charge in [0.15, 0.2) is 0 Å². The third kappa shape index (κ3) is 4.32. The maximum absolute atomic E-state index is 13.3. The monoisotopic (exact) mass is 355 g/mol. The Morgan fingerprint density at radius 3 is 2.44 bits per heavy atom. The van der Waals surface area contributed by atoms with Gasteiger partial charge in [-0.25, -0.2) is 4.68 Å². The van der Waals surface area contributed by atoms with Crippen LogP contribution in [0.15, 0.2) is 18.2 Å². The molecular weight excluding hydrogens is 331 g/mol. The van der Waals surface area contributed by atoms with Crippen LogP contribution in [0.4, 0.5) is 19.0 Å². The molecule has 0 aliphatic carbocycles. The highest BCUT2D eigenvalue weighted by Crippen LogP contribution is 2.37. The molecule has 1 N–H and O–H groups in total. The number of carbonyl (C=O) groups excluding carboxylic acids is 1. The summed E-state index contributed by atoms with van der Waals surface area (Å²) < 4.78 is 41.3. The van der Waals surface area contributed by atoms with E-state index in [-0.39, 0.29) is 11.4 Å². The maximum atomic E-state index is 13.3. The fourth-order valence-electron chi connectivity index (χ4n) is 2.48. The molecule has 1 aromatic heterocycles. The van der Waals surface area contributed by atoms with Gasteiger partial charge < -0.3 is 5.32 Å². The minimum Gasteiger partial charge on any atom is -0.310 e. The van der Waals surface area contributed by atoms with E-state index < -0.39 is 17.2 Å². The molecule has 0 saturated carbocycles. The quantitative estimate of drug-likeness (QED) is 0.747. The number of hydrogen-bond acceptors (Lipinski definition) is 2. The Balaban J connectivity index is 2.55. The van der Waals surface area contributed by atoms with Crippen LogP contribution in [0, 0.1) is 5.41 Å². The van der Waals surface area contributed by atoms with Gasteiger partial charge in [-0.2, -0.15) is 18.3 Å². The van der Waals surface area contributed by atoms with E-state index in [0.29, 0.717) is 17.7 Å². The SMILES string of the molecule is CCCCCn1nc2c(C(F)(F)F)cccc2c1NC(=O)C(C)(C)C. The smallest absolute Gasteiger partial charge is 0.310 e. The number of anilines is 1. The van der Waals surface area contributed by atoms with Crippen molar-refractivity contribution in [2.45, 2.75) is 59.7 Å². The number of carbonyl (C=O) groups is 1. The molecule has 0 aliphatic heterocycles. The molecule has 7 heteroatoms. The molecule has 0 aliphatic rings. The summed E-state index contributed by atoms with van der Waals surface area (Å²) in [6.45, 7) is 7.76. The second-order valence-corrected chi connectivity index (χ2v) is 7.18. The van der Waals surface area contributed by atoms with Crippen LogP contribution in [0.2, 0.25) is 0 Å². The number of alkyl halides is 3. The van der Waals surface area contributed by atoms with Gasteiger partial charge >= 0.3 is 6.18 Å². The van der Waals surface area contributed by atoms with Crippen molar-refractivity contribution in [2.24, 2.45) is 5.41 Å². The Labute approximate surface area is 145 Å². The van der Waals surface area contributed by atoms with Gasteiger partial charge in [-0.3, -0.25) is 4.79 Å². The van der Waals surface area contributed by atoms with Gasteiger partial charge in [0.25, 0.3) is 0 Å². The van der Waals surface area contributed by atoms with E-state index in [9.17, 15) is 18.0 Å². The highest BCUT2D eigenvalue weighted by Gasteiger charge is 2.35. The number of fused-ring (bicyclic) bond motifs is 1. The summed E-state index contributed by atoms with van der Waals surface area (Å²) in [6.07, 6.45) is -1.79. The number of benzene rings is 1. The topological polar surface area (TPSA) is 46.9 Å². The predicted molar refractivity (Wildman–Crippen MR) is 92.3 cm³/mol. The summed E-state index contributed by atoms with van der Waals surface area (Å²) in [5, 5.41) is 7.25. The van der Waals surface area contributed by atoms with Gasteiger partial charge in [0.2, 0.25) is 5.91 Å². The van der Waals surface area contributed by atoms with E-state index in [1.807, 2.05) is 6.92 Å². The highest BCUT2D eigenvalue weighted by molar-refractivity contribution is 6.02. The Morgan fingerprint density at radius 2 is 1.88 bits per heavy atom. The largest absolute Gasteiger partial charge is 0.418 e. The first kappa shape index (κ1) is 19.3. The second-order valence-electron chi connectivity index (χ2n) is 7.18. The van der Waals surface area contributed by atoms with Gasteiger partial charge in [0, 0.05) is 17.3 Å². The lowest BCUT2D eigenvalue weighted by molar-refractivity contribution is -0.136. The van der Waals surface area contributed by atoms with Crippen molar-refractivity contribution in [3.05, 3.63) is 23.8 Å². The summed E-state index contributed by atoms with van der Waals surface area (Å²) in [4.78, 5) is 12.4. The van der Waals surface area contributed by atoms with Gasteiger partial charge in [-0.05, 0) is 18.6 Å². The molecule has 0 fully saturated rings. The van der Waals surface area contributed by atoms with Crippen molar-refractivity contribution >= 4 is 22.6 Å². The molecule has 0 bridgehead atoms. The minimum absolute atomic E-state index is 0.129. The molecule has 1 aromatic carbocycles. The van der Waals surface area contributed by atoms with Crippen molar-refractivity contribution in [3.63, 3.8) is 0 Å². The molecule has 0 radical (unpaired) electrons. The van der Waals surface area contributed by atoms with Crippen LogP contribution in [0.25, 0.3) is 10.9 Å². The molecule has 0 saturated heterocycles. The first-order valence-corrected chi connectivity index (χ1v) is 8.44. The summed E-state index contributed by atoms with van der Waals surface area (Å²) in [7, 11) is 0. The fraction of sp³-hybridized carbons (Fsp3) is 0.556. The lowest BCUT2D eigenvalue weighted by Crippen LogP contribution is -2.28. The van der Waals surface area contributed by atoms with E-state index >= 15 is 0 Å².